The van der Waals surface area contributed by atoms with Crippen LogP contribution >= 0.6 is 0 Å². The summed E-state index contributed by atoms with van der Waals surface area (Å²) in [4.78, 5) is 9.41. The Morgan fingerprint density at radius 2 is 2.50 bits per heavy atom. The molecule has 2 nitrogen and oxygen atoms in total. The summed E-state index contributed by atoms with van der Waals surface area (Å²) < 4.78 is 0. The molecule has 0 aromatic carbocycles. The first-order chi connectivity index (χ1) is 2.81. The highest BCUT2D eigenvalue weighted by atomic mass is 16.1. The fourth-order valence-corrected chi connectivity index (χ4v) is 0.0481. The summed E-state index contributed by atoms with van der Waals surface area (Å²) in [5, 5.41) is 0. The van der Waals surface area contributed by atoms with E-state index in [1.165, 1.54) is 12.4 Å². The molecule has 2 N–H and O–H groups in total. The zero-order chi connectivity index (χ0) is 4.99. The van der Waals surface area contributed by atoms with Gasteiger partial charge in [-0.1, -0.05) is 6.08 Å². The summed E-state index contributed by atoms with van der Waals surface area (Å²) in [6, 6.07) is -0.606. The van der Waals surface area contributed by atoms with Crippen molar-refractivity contribution in [2.24, 2.45) is 5.73 Å². The fourth-order valence-electron chi connectivity index (χ4n) is 0.0481. The van der Waals surface area contributed by atoms with Crippen LogP contribution in [0, 0.1) is 0 Å². The van der Waals surface area contributed by atoms with Crippen molar-refractivity contribution >= 4 is 6.29 Å². The van der Waals surface area contributed by atoms with Gasteiger partial charge in [0.1, 0.15) is 0 Å². The van der Waals surface area contributed by atoms with Gasteiger partial charge < -0.3 is 5.73 Å². The van der Waals surface area contributed by atoms with Crippen molar-refractivity contribution < 1.29 is 4.79 Å². The van der Waals surface area contributed by atoms with Crippen LogP contribution in [0.4, 0.5) is 0 Å². The van der Waals surface area contributed by atoms with Crippen LogP contribution < -0.4 is 5.73 Å². The highest BCUT2D eigenvalue weighted by molar-refractivity contribution is 5.60. The minimum absolute atomic E-state index is 0.606. The van der Waals surface area contributed by atoms with Crippen LogP contribution in [0.3, 0.4) is 0 Å². The number of hydrogen-bond acceptors (Lipinski definition) is 2. The molecule has 0 aromatic heterocycles. The van der Waals surface area contributed by atoms with Crippen molar-refractivity contribution in [1.82, 2.24) is 0 Å². The standard InChI is InChI=1S/C4H6NO/c1-2-4(5)3-6/h2,4H,1,5H2. The lowest BCUT2D eigenvalue weighted by Crippen LogP contribution is -2.16. The third kappa shape index (κ3) is 1.67. The van der Waals surface area contributed by atoms with Crippen LogP contribution in [0.15, 0.2) is 12.7 Å². The molecule has 0 bridgehead atoms. The first-order valence-electron chi connectivity index (χ1n) is 1.57. The quantitative estimate of drug-likeness (QED) is 0.463. The Labute approximate surface area is 36.6 Å². The molecule has 0 amide bonds. The van der Waals surface area contributed by atoms with Gasteiger partial charge in [0.2, 0.25) is 6.29 Å². The molecule has 0 heterocycles. The molecule has 0 spiro atoms. The van der Waals surface area contributed by atoms with E-state index < -0.39 is 6.04 Å². The average molecular weight is 84.1 g/mol. The van der Waals surface area contributed by atoms with Crippen molar-refractivity contribution in [2.75, 3.05) is 0 Å². The van der Waals surface area contributed by atoms with E-state index in [9.17, 15) is 4.79 Å². The third-order valence-corrected chi connectivity index (χ3v) is 0.390. The minimum Gasteiger partial charge on any atom is -0.318 e. The molecule has 0 rings (SSSR count). The van der Waals surface area contributed by atoms with Crippen molar-refractivity contribution in [3.63, 3.8) is 0 Å². The number of carbonyl (C=O) groups excluding carboxylic acids is 1. The monoisotopic (exact) mass is 84.0 g/mol. The minimum atomic E-state index is -0.606. The van der Waals surface area contributed by atoms with E-state index in [0.29, 0.717) is 0 Å². The molecule has 1 unspecified atom stereocenters. The smallest absolute Gasteiger partial charge is 0.220 e. The summed E-state index contributed by atoms with van der Waals surface area (Å²) >= 11 is 0. The largest absolute Gasteiger partial charge is 0.318 e. The summed E-state index contributed by atoms with van der Waals surface area (Å²) in [6.07, 6.45) is 2.85. The van der Waals surface area contributed by atoms with Crippen LogP contribution in [-0.2, 0) is 4.79 Å². The molecule has 6 heavy (non-hydrogen) atoms. The van der Waals surface area contributed by atoms with E-state index >= 15 is 0 Å². The van der Waals surface area contributed by atoms with Gasteiger partial charge in [0.05, 0.1) is 6.04 Å². The van der Waals surface area contributed by atoms with Gasteiger partial charge in [-0.15, -0.1) is 6.58 Å². The molecule has 0 saturated carbocycles. The molecule has 0 saturated heterocycles. The average Bonchev–Trinajstić information content (AvgIpc) is 1.65. The topological polar surface area (TPSA) is 43.1 Å². The van der Waals surface area contributed by atoms with Gasteiger partial charge in [-0.05, 0) is 0 Å². The number of hydrogen-bond donors (Lipinski definition) is 1. The number of rotatable bonds is 2. The maximum Gasteiger partial charge on any atom is 0.220 e. The molecule has 0 aliphatic rings. The second-order valence-corrected chi connectivity index (χ2v) is 0.879. The van der Waals surface area contributed by atoms with E-state index in [1.54, 1.807) is 0 Å². The summed E-state index contributed by atoms with van der Waals surface area (Å²) in [5.74, 6) is 0. The van der Waals surface area contributed by atoms with Crippen LogP contribution in [0.25, 0.3) is 0 Å². The van der Waals surface area contributed by atoms with E-state index in [-0.39, 0.29) is 0 Å². The number of nitrogens with two attached hydrogens (primary N) is 1. The fraction of sp³-hybridized carbons (Fsp3) is 0.250. The third-order valence-electron chi connectivity index (χ3n) is 0.390. The van der Waals surface area contributed by atoms with Crippen LogP contribution in [-0.4, -0.2) is 12.3 Å². The summed E-state index contributed by atoms with van der Waals surface area (Å²) in [7, 11) is 0. The van der Waals surface area contributed by atoms with Crippen LogP contribution in [0.5, 0.6) is 0 Å². The second-order valence-electron chi connectivity index (χ2n) is 0.879. The van der Waals surface area contributed by atoms with E-state index in [2.05, 4.69) is 6.58 Å². The van der Waals surface area contributed by atoms with Gasteiger partial charge in [0.25, 0.3) is 0 Å². The molecule has 33 valence electrons. The van der Waals surface area contributed by atoms with E-state index in [4.69, 9.17) is 5.73 Å². The Kier molecular flexibility index (Phi) is 2.33. The Morgan fingerprint density at radius 3 is 2.50 bits per heavy atom. The molecule has 0 aliphatic heterocycles. The second kappa shape index (κ2) is 2.60. The van der Waals surface area contributed by atoms with Crippen molar-refractivity contribution in [3.05, 3.63) is 12.7 Å². The van der Waals surface area contributed by atoms with Crippen molar-refractivity contribution in [1.29, 1.82) is 0 Å². The molecule has 0 fully saturated rings. The highest BCUT2D eigenvalue weighted by Crippen LogP contribution is 1.65. The Balaban J connectivity index is 3.21. The molecular weight excluding hydrogens is 78.0 g/mol. The van der Waals surface area contributed by atoms with Gasteiger partial charge >= 0.3 is 0 Å². The molecule has 1 radical (unpaired) electrons. The van der Waals surface area contributed by atoms with Crippen LogP contribution in [0.2, 0.25) is 0 Å². The molecule has 2 heteroatoms. The molecule has 0 aromatic rings. The van der Waals surface area contributed by atoms with Crippen molar-refractivity contribution in [3.8, 4) is 0 Å². The van der Waals surface area contributed by atoms with Gasteiger partial charge in [-0.25, -0.2) is 0 Å². The van der Waals surface area contributed by atoms with E-state index in [1.807, 2.05) is 0 Å². The lowest BCUT2D eigenvalue weighted by Gasteiger charge is -1.83. The molecule has 0 aliphatic carbocycles. The Bertz CT molecular complexity index is 52.6. The zero-order valence-electron chi connectivity index (χ0n) is 3.35. The highest BCUT2D eigenvalue weighted by Gasteiger charge is 1.86. The zero-order valence-corrected chi connectivity index (χ0v) is 3.35. The van der Waals surface area contributed by atoms with Gasteiger partial charge in [-0.2, -0.15) is 0 Å². The maximum absolute atomic E-state index is 9.41. The van der Waals surface area contributed by atoms with Gasteiger partial charge in [0.15, 0.2) is 0 Å². The molecule has 1 atom stereocenters. The first kappa shape index (κ1) is 5.37. The van der Waals surface area contributed by atoms with Crippen molar-refractivity contribution in [2.45, 2.75) is 6.04 Å². The predicted molar refractivity (Wildman–Crippen MR) is 23.9 cm³/mol. The lowest BCUT2D eigenvalue weighted by atomic mass is 10.4. The Morgan fingerprint density at radius 1 is 2.00 bits per heavy atom. The Hall–Kier alpha value is -0.630. The normalized spacial score (nSPS) is 12.8. The van der Waals surface area contributed by atoms with Gasteiger partial charge in [-0.3, -0.25) is 4.79 Å². The SMILES string of the molecule is C=CC(N)[C]=O. The summed E-state index contributed by atoms with van der Waals surface area (Å²) in [6.45, 7) is 3.24. The lowest BCUT2D eigenvalue weighted by molar-refractivity contribution is 0.550. The van der Waals surface area contributed by atoms with Gasteiger partial charge in [0, 0.05) is 0 Å². The first-order valence-corrected chi connectivity index (χ1v) is 1.57. The van der Waals surface area contributed by atoms with E-state index in [0.717, 1.165) is 0 Å². The maximum atomic E-state index is 9.41. The van der Waals surface area contributed by atoms with Crippen LogP contribution in [0.1, 0.15) is 0 Å². The molecular formula is C4H6NO. The summed E-state index contributed by atoms with van der Waals surface area (Å²) in [5.41, 5.74) is 4.93. The predicted octanol–water partition coefficient (Wildman–Crippen LogP) is -0.391.